The molecule has 0 atom stereocenters. The summed E-state index contributed by atoms with van der Waals surface area (Å²) in [5.74, 6) is 0. The standard InChI is InChI=1S/C15H15N/c1-11-5-3-7-13(9-11)15(16)14-8-4-6-12(2)10-14/h3-10,16H,1-2H3. The van der Waals surface area contributed by atoms with Gasteiger partial charge in [-0.3, -0.25) is 5.41 Å². The maximum atomic E-state index is 8.16. The Morgan fingerprint density at radius 2 is 1.25 bits per heavy atom. The summed E-state index contributed by atoms with van der Waals surface area (Å²) in [6.45, 7) is 4.10. The summed E-state index contributed by atoms with van der Waals surface area (Å²) in [6.07, 6.45) is 0. The summed E-state index contributed by atoms with van der Waals surface area (Å²) in [5.41, 5.74) is 4.92. The minimum absolute atomic E-state index is 0.590. The van der Waals surface area contributed by atoms with Gasteiger partial charge in [-0.05, 0) is 26.0 Å². The van der Waals surface area contributed by atoms with E-state index in [9.17, 15) is 0 Å². The summed E-state index contributed by atoms with van der Waals surface area (Å²) in [6, 6.07) is 16.1. The molecule has 0 saturated carbocycles. The number of benzene rings is 2. The zero-order valence-corrected chi connectivity index (χ0v) is 9.62. The van der Waals surface area contributed by atoms with Crippen molar-refractivity contribution >= 4 is 5.71 Å². The van der Waals surface area contributed by atoms with E-state index < -0.39 is 0 Å². The zero-order valence-electron chi connectivity index (χ0n) is 9.62. The highest BCUT2D eigenvalue weighted by molar-refractivity contribution is 6.10. The molecule has 0 fully saturated rings. The molecule has 0 aliphatic rings. The number of aryl methyl sites for hydroxylation is 2. The van der Waals surface area contributed by atoms with Gasteiger partial charge in [0.25, 0.3) is 0 Å². The molecule has 1 N–H and O–H groups in total. The van der Waals surface area contributed by atoms with Gasteiger partial charge in [-0.2, -0.15) is 0 Å². The maximum absolute atomic E-state index is 8.16. The van der Waals surface area contributed by atoms with E-state index in [1.807, 2.05) is 62.4 Å². The van der Waals surface area contributed by atoms with E-state index in [1.54, 1.807) is 0 Å². The molecule has 0 amide bonds. The van der Waals surface area contributed by atoms with Crippen LogP contribution >= 0.6 is 0 Å². The molecule has 80 valence electrons. The lowest BCUT2D eigenvalue weighted by molar-refractivity contribution is 1.39. The summed E-state index contributed by atoms with van der Waals surface area (Å²) in [4.78, 5) is 0. The third kappa shape index (κ3) is 2.19. The van der Waals surface area contributed by atoms with Gasteiger partial charge in [0, 0.05) is 11.1 Å². The molecule has 0 heterocycles. The van der Waals surface area contributed by atoms with E-state index in [1.165, 1.54) is 11.1 Å². The predicted molar refractivity (Wildman–Crippen MR) is 68.3 cm³/mol. The van der Waals surface area contributed by atoms with Crippen molar-refractivity contribution in [3.8, 4) is 0 Å². The number of rotatable bonds is 2. The number of nitrogens with one attached hydrogen (secondary N) is 1. The lowest BCUT2D eigenvalue weighted by Crippen LogP contribution is -2.01. The second-order valence-electron chi connectivity index (χ2n) is 4.11. The van der Waals surface area contributed by atoms with Crippen LogP contribution in [-0.4, -0.2) is 5.71 Å². The molecule has 2 aromatic carbocycles. The Balaban J connectivity index is 2.39. The third-order valence-corrected chi connectivity index (χ3v) is 2.61. The lowest BCUT2D eigenvalue weighted by atomic mass is 10.00. The van der Waals surface area contributed by atoms with Crippen LogP contribution < -0.4 is 0 Å². The summed E-state index contributed by atoms with van der Waals surface area (Å²) >= 11 is 0. The Hall–Kier alpha value is -1.89. The molecule has 0 aromatic heterocycles. The summed E-state index contributed by atoms with van der Waals surface area (Å²) < 4.78 is 0. The van der Waals surface area contributed by atoms with Crippen molar-refractivity contribution in [2.45, 2.75) is 13.8 Å². The molecule has 0 bridgehead atoms. The summed E-state index contributed by atoms with van der Waals surface area (Å²) in [5, 5.41) is 8.16. The second kappa shape index (κ2) is 4.31. The van der Waals surface area contributed by atoms with Crippen molar-refractivity contribution in [2.75, 3.05) is 0 Å². The highest BCUT2D eigenvalue weighted by atomic mass is 14.4. The lowest BCUT2D eigenvalue weighted by Gasteiger charge is -2.06. The smallest absolute Gasteiger partial charge is 0.0684 e. The monoisotopic (exact) mass is 209 g/mol. The van der Waals surface area contributed by atoms with E-state index in [0.717, 1.165) is 11.1 Å². The van der Waals surface area contributed by atoms with Crippen molar-refractivity contribution in [3.63, 3.8) is 0 Å². The first-order chi connectivity index (χ1) is 7.66. The van der Waals surface area contributed by atoms with Crippen molar-refractivity contribution in [2.24, 2.45) is 0 Å². The predicted octanol–water partition coefficient (Wildman–Crippen LogP) is 3.72. The van der Waals surface area contributed by atoms with Crippen LogP contribution in [0.3, 0.4) is 0 Å². The van der Waals surface area contributed by atoms with Crippen LogP contribution in [0.15, 0.2) is 48.5 Å². The van der Waals surface area contributed by atoms with Crippen molar-refractivity contribution in [1.29, 1.82) is 5.41 Å². The molecule has 2 rings (SSSR count). The van der Waals surface area contributed by atoms with Crippen LogP contribution in [0.25, 0.3) is 0 Å². The van der Waals surface area contributed by atoms with Gasteiger partial charge in [-0.15, -0.1) is 0 Å². The van der Waals surface area contributed by atoms with Gasteiger partial charge in [0.2, 0.25) is 0 Å². The molecule has 0 aliphatic carbocycles. The van der Waals surface area contributed by atoms with Gasteiger partial charge in [0.05, 0.1) is 5.71 Å². The second-order valence-corrected chi connectivity index (χ2v) is 4.11. The SMILES string of the molecule is Cc1cccc(C(=N)c2cccc(C)c2)c1. The van der Waals surface area contributed by atoms with Gasteiger partial charge in [0.15, 0.2) is 0 Å². The van der Waals surface area contributed by atoms with E-state index in [-0.39, 0.29) is 0 Å². The van der Waals surface area contributed by atoms with Crippen LogP contribution in [-0.2, 0) is 0 Å². The molecule has 0 saturated heterocycles. The molecule has 16 heavy (non-hydrogen) atoms. The van der Waals surface area contributed by atoms with Crippen LogP contribution in [0, 0.1) is 19.3 Å². The minimum Gasteiger partial charge on any atom is -0.300 e. The molecule has 1 heteroatoms. The number of hydrogen-bond acceptors (Lipinski definition) is 1. The molecule has 0 radical (unpaired) electrons. The fourth-order valence-corrected chi connectivity index (χ4v) is 1.77. The average Bonchev–Trinajstić information content (AvgIpc) is 2.28. The van der Waals surface area contributed by atoms with Crippen molar-refractivity contribution in [1.82, 2.24) is 0 Å². The Morgan fingerprint density at radius 1 is 0.812 bits per heavy atom. The van der Waals surface area contributed by atoms with Crippen molar-refractivity contribution < 1.29 is 0 Å². The fourth-order valence-electron chi connectivity index (χ4n) is 1.77. The average molecular weight is 209 g/mol. The Labute approximate surface area is 96.3 Å². The van der Waals surface area contributed by atoms with Gasteiger partial charge in [0.1, 0.15) is 0 Å². The molecular formula is C15H15N. The molecule has 0 aliphatic heterocycles. The third-order valence-electron chi connectivity index (χ3n) is 2.61. The van der Waals surface area contributed by atoms with Gasteiger partial charge < -0.3 is 0 Å². The van der Waals surface area contributed by atoms with Crippen LogP contribution in [0.4, 0.5) is 0 Å². The van der Waals surface area contributed by atoms with E-state index in [4.69, 9.17) is 5.41 Å². The van der Waals surface area contributed by atoms with E-state index >= 15 is 0 Å². The van der Waals surface area contributed by atoms with Crippen LogP contribution in [0.1, 0.15) is 22.3 Å². The highest BCUT2D eigenvalue weighted by Crippen LogP contribution is 2.12. The number of hydrogen-bond donors (Lipinski definition) is 1. The Kier molecular flexibility index (Phi) is 2.86. The first-order valence-corrected chi connectivity index (χ1v) is 5.39. The van der Waals surface area contributed by atoms with E-state index in [0.29, 0.717) is 5.71 Å². The normalized spacial score (nSPS) is 10.1. The first-order valence-electron chi connectivity index (χ1n) is 5.39. The van der Waals surface area contributed by atoms with Crippen LogP contribution in [0.2, 0.25) is 0 Å². The first kappa shape index (κ1) is 10.6. The van der Waals surface area contributed by atoms with Gasteiger partial charge in [-0.1, -0.05) is 47.5 Å². The van der Waals surface area contributed by atoms with Gasteiger partial charge in [-0.25, -0.2) is 0 Å². The van der Waals surface area contributed by atoms with E-state index in [2.05, 4.69) is 0 Å². The van der Waals surface area contributed by atoms with Crippen molar-refractivity contribution in [3.05, 3.63) is 70.8 Å². The molecular weight excluding hydrogens is 194 g/mol. The molecule has 1 nitrogen and oxygen atoms in total. The molecule has 2 aromatic rings. The zero-order chi connectivity index (χ0) is 11.5. The fraction of sp³-hybridized carbons (Fsp3) is 0.133. The highest BCUT2D eigenvalue weighted by Gasteiger charge is 2.04. The quantitative estimate of drug-likeness (QED) is 0.729. The summed E-state index contributed by atoms with van der Waals surface area (Å²) in [7, 11) is 0. The molecule has 0 unspecified atom stereocenters. The van der Waals surface area contributed by atoms with Crippen LogP contribution in [0.5, 0.6) is 0 Å². The maximum Gasteiger partial charge on any atom is 0.0684 e. The Morgan fingerprint density at radius 3 is 1.62 bits per heavy atom. The van der Waals surface area contributed by atoms with Gasteiger partial charge >= 0.3 is 0 Å². The molecule has 0 spiro atoms. The largest absolute Gasteiger partial charge is 0.300 e. The topological polar surface area (TPSA) is 23.9 Å². The minimum atomic E-state index is 0.590. The Bertz CT molecular complexity index is 479.